The number of morpholine rings is 1. The first-order chi connectivity index (χ1) is 15.3. The molecule has 1 amide bonds. The minimum Gasteiger partial charge on any atom is -0.378 e. The minimum absolute atomic E-state index is 0.145. The Bertz CT molecular complexity index is 1060. The van der Waals surface area contributed by atoms with Crippen LogP contribution in [-0.2, 0) is 11.3 Å². The van der Waals surface area contributed by atoms with E-state index in [4.69, 9.17) is 9.72 Å². The van der Waals surface area contributed by atoms with Crippen LogP contribution in [0.3, 0.4) is 0 Å². The first kappa shape index (κ1) is 22.3. The fourth-order valence-electron chi connectivity index (χ4n) is 4.50. The van der Waals surface area contributed by atoms with Crippen molar-refractivity contribution in [2.24, 2.45) is 0 Å². The summed E-state index contributed by atoms with van der Waals surface area (Å²) in [6.45, 7) is 11.5. The molecule has 9 heteroatoms. The van der Waals surface area contributed by atoms with Gasteiger partial charge in [-0.3, -0.25) is 9.59 Å². The van der Waals surface area contributed by atoms with Crippen LogP contribution in [0.1, 0.15) is 52.6 Å². The number of carbonyl (C=O) groups is 1. The standard InChI is InChI=1S/C23H32N6O3/c1-14-12-15(2)25-21(30)18(14)13-24-22(31)19-17(4)20(29-7-5-6-16(29)3)27-23(26-19)28-8-10-32-11-9-28/h12,16H,5-11,13H2,1-4H3,(H,24,31)(H,25,30)/t16-/m0/s1. The van der Waals surface area contributed by atoms with Crippen molar-refractivity contribution in [3.8, 4) is 0 Å². The Morgan fingerprint density at radius 2 is 1.97 bits per heavy atom. The SMILES string of the molecule is Cc1cc(C)c(CNC(=O)c2nc(N3CCOCC3)nc(N3CCC[C@@H]3C)c2C)c(=O)[nH]1. The van der Waals surface area contributed by atoms with E-state index in [2.05, 4.69) is 32.0 Å². The number of hydrogen-bond acceptors (Lipinski definition) is 7. The number of aromatic nitrogens is 3. The van der Waals surface area contributed by atoms with E-state index in [0.717, 1.165) is 42.0 Å². The van der Waals surface area contributed by atoms with E-state index in [9.17, 15) is 9.59 Å². The maximum Gasteiger partial charge on any atom is 0.270 e. The molecule has 2 aliphatic rings. The molecule has 0 bridgehead atoms. The van der Waals surface area contributed by atoms with Gasteiger partial charge in [0.25, 0.3) is 11.5 Å². The Hall–Kier alpha value is -2.94. The van der Waals surface area contributed by atoms with Crippen LogP contribution in [-0.4, -0.2) is 59.7 Å². The van der Waals surface area contributed by atoms with Gasteiger partial charge in [-0.2, -0.15) is 4.98 Å². The van der Waals surface area contributed by atoms with E-state index >= 15 is 0 Å². The van der Waals surface area contributed by atoms with Gasteiger partial charge in [0.1, 0.15) is 11.5 Å². The number of aryl methyl sites for hydroxylation is 2. The molecule has 2 fully saturated rings. The van der Waals surface area contributed by atoms with Crippen LogP contribution >= 0.6 is 0 Å². The largest absolute Gasteiger partial charge is 0.378 e. The zero-order valence-corrected chi connectivity index (χ0v) is 19.3. The first-order valence-electron chi connectivity index (χ1n) is 11.3. The molecule has 9 nitrogen and oxygen atoms in total. The molecule has 172 valence electrons. The van der Waals surface area contributed by atoms with Crippen LogP contribution in [0.2, 0.25) is 0 Å². The smallest absolute Gasteiger partial charge is 0.270 e. The maximum atomic E-state index is 13.2. The molecular formula is C23H32N6O3. The monoisotopic (exact) mass is 440 g/mol. The first-order valence-corrected chi connectivity index (χ1v) is 11.3. The molecule has 4 rings (SSSR count). The van der Waals surface area contributed by atoms with Crippen LogP contribution in [0, 0.1) is 20.8 Å². The molecule has 0 radical (unpaired) electrons. The highest BCUT2D eigenvalue weighted by Crippen LogP contribution is 2.30. The highest BCUT2D eigenvalue weighted by Gasteiger charge is 2.28. The van der Waals surface area contributed by atoms with Crippen molar-refractivity contribution in [2.45, 2.75) is 53.1 Å². The predicted octanol–water partition coefficient (Wildman–Crippen LogP) is 1.85. The number of carbonyl (C=O) groups excluding carboxylic acids is 1. The Morgan fingerprint density at radius 1 is 1.22 bits per heavy atom. The van der Waals surface area contributed by atoms with Crippen molar-refractivity contribution in [3.05, 3.63) is 44.5 Å². The van der Waals surface area contributed by atoms with Crippen LogP contribution in [0.4, 0.5) is 11.8 Å². The predicted molar refractivity (Wildman–Crippen MR) is 124 cm³/mol. The third kappa shape index (κ3) is 4.48. The number of amides is 1. The van der Waals surface area contributed by atoms with Crippen molar-refractivity contribution in [1.29, 1.82) is 0 Å². The second kappa shape index (κ2) is 9.28. The summed E-state index contributed by atoms with van der Waals surface area (Å²) in [6, 6.07) is 2.27. The second-order valence-corrected chi connectivity index (χ2v) is 8.73. The molecule has 0 aliphatic carbocycles. The van der Waals surface area contributed by atoms with Crippen LogP contribution in [0.15, 0.2) is 10.9 Å². The summed E-state index contributed by atoms with van der Waals surface area (Å²) in [6.07, 6.45) is 2.21. The molecule has 4 heterocycles. The van der Waals surface area contributed by atoms with Gasteiger partial charge in [-0.05, 0) is 52.2 Å². The average Bonchev–Trinajstić information content (AvgIpc) is 3.19. The van der Waals surface area contributed by atoms with Gasteiger partial charge in [0, 0.05) is 49.0 Å². The number of ether oxygens (including phenoxy) is 1. The summed E-state index contributed by atoms with van der Waals surface area (Å²) >= 11 is 0. The van der Waals surface area contributed by atoms with E-state index in [-0.39, 0.29) is 18.0 Å². The molecular weight excluding hydrogens is 408 g/mol. The van der Waals surface area contributed by atoms with Crippen molar-refractivity contribution in [3.63, 3.8) is 0 Å². The maximum absolute atomic E-state index is 13.2. The summed E-state index contributed by atoms with van der Waals surface area (Å²) in [5.41, 5.74) is 3.15. The number of pyridine rings is 1. The van der Waals surface area contributed by atoms with Gasteiger partial charge >= 0.3 is 0 Å². The Morgan fingerprint density at radius 3 is 2.62 bits per heavy atom. The van der Waals surface area contributed by atoms with E-state index in [1.54, 1.807) is 0 Å². The lowest BCUT2D eigenvalue weighted by Gasteiger charge is -2.30. The third-order valence-electron chi connectivity index (χ3n) is 6.36. The number of aromatic amines is 1. The number of H-pyrrole nitrogens is 1. The van der Waals surface area contributed by atoms with Gasteiger partial charge in [-0.15, -0.1) is 0 Å². The lowest BCUT2D eigenvalue weighted by molar-refractivity contribution is 0.0944. The minimum atomic E-state index is -0.299. The molecule has 2 saturated heterocycles. The lowest BCUT2D eigenvalue weighted by atomic mass is 10.1. The molecule has 0 saturated carbocycles. The number of anilines is 2. The Balaban J connectivity index is 1.65. The molecule has 32 heavy (non-hydrogen) atoms. The summed E-state index contributed by atoms with van der Waals surface area (Å²) in [4.78, 5) is 42.3. The third-order valence-corrected chi connectivity index (χ3v) is 6.36. The number of rotatable bonds is 5. The lowest BCUT2D eigenvalue weighted by Crippen LogP contribution is -2.39. The van der Waals surface area contributed by atoms with Gasteiger partial charge in [0.2, 0.25) is 5.95 Å². The molecule has 0 aromatic carbocycles. The normalized spacial score (nSPS) is 18.8. The van der Waals surface area contributed by atoms with Crippen molar-refractivity contribution >= 4 is 17.7 Å². The summed E-state index contributed by atoms with van der Waals surface area (Å²) in [7, 11) is 0. The van der Waals surface area contributed by atoms with Crippen molar-refractivity contribution in [2.75, 3.05) is 42.6 Å². The highest BCUT2D eigenvalue weighted by atomic mass is 16.5. The summed E-state index contributed by atoms with van der Waals surface area (Å²) < 4.78 is 5.47. The average molecular weight is 441 g/mol. The van der Waals surface area contributed by atoms with Gasteiger partial charge < -0.3 is 24.8 Å². The van der Waals surface area contributed by atoms with Gasteiger partial charge in [-0.1, -0.05) is 0 Å². The molecule has 2 aromatic heterocycles. The summed E-state index contributed by atoms with van der Waals surface area (Å²) in [5, 5.41) is 2.91. The zero-order valence-electron chi connectivity index (χ0n) is 19.3. The Kier molecular flexibility index (Phi) is 6.45. The van der Waals surface area contributed by atoms with Gasteiger partial charge in [0.05, 0.1) is 13.2 Å². The fourth-order valence-corrected chi connectivity index (χ4v) is 4.50. The van der Waals surface area contributed by atoms with E-state index in [1.165, 1.54) is 0 Å². The van der Waals surface area contributed by atoms with Crippen LogP contribution in [0.25, 0.3) is 0 Å². The van der Waals surface area contributed by atoms with Gasteiger partial charge in [0.15, 0.2) is 0 Å². The van der Waals surface area contributed by atoms with E-state index in [1.807, 2.05) is 26.8 Å². The van der Waals surface area contributed by atoms with Crippen LogP contribution < -0.4 is 20.7 Å². The van der Waals surface area contributed by atoms with Gasteiger partial charge in [-0.25, -0.2) is 4.98 Å². The molecule has 0 unspecified atom stereocenters. The summed E-state index contributed by atoms with van der Waals surface area (Å²) in [5.74, 6) is 1.08. The van der Waals surface area contributed by atoms with E-state index < -0.39 is 0 Å². The highest BCUT2D eigenvalue weighted by molar-refractivity contribution is 5.95. The van der Waals surface area contributed by atoms with Crippen LogP contribution in [0.5, 0.6) is 0 Å². The number of nitrogens with zero attached hydrogens (tertiary/aromatic N) is 4. The zero-order chi connectivity index (χ0) is 22.8. The molecule has 0 spiro atoms. The van der Waals surface area contributed by atoms with E-state index in [0.29, 0.717) is 49.6 Å². The molecule has 2 aliphatic heterocycles. The topological polar surface area (TPSA) is 103 Å². The number of nitrogens with one attached hydrogen (secondary N) is 2. The van der Waals surface area contributed by atoms with Crippen molar-refractivity contribution in [1.82, 2.24) is 20.3 Å². The molecule has 2 N–H and O–H groups in total. The Labute approximate surface area is 188 Å². The molecule has 1 atom stereocenters. The van der Waals surface area contributed by atoms with Crippen molar-refractivity contribution < 1.29 is 9.53 Å². The second-order valence-electron chi connectivity index (χ2n) is 8.73. The molecule has 2 aromatic rings. The quantitative estimate of drug-likeness (QED) is 0.731. The number of hydrogen-bond donors (Lipinski definition) is 2. The fraction of sp³-hybridized carbons (Fsp3) is 0.565.